The number of aryl methyl sites for hydroxylation is 1. The summed E-state index contributed by atoms with van der Waals surface area (Å²) in [6, 6.07) is 1.64. The molecule has 0 aromatic carbocycles. The van der Waals surface area contributed by atoms with Gasteiger partial charge in [0.1, 0.15) is 0 Å². The summed E-state index contributed by atoms with van der Waals surface area (Å²) in [5, 5.41) is 3.23. The Kier molecular flexibility index (Phi) is 5.32. The fraction of sp³-hybridized carbons (Fsp3) is 0.667. The van der Waals surface area contributed by atoms with Gasteiger partial charge in [-0.1, -0.05) is 0 Å². The van der Waals surface area contributed by atoms with E-state index in [4.69, 9.17) is 4.74 Å². The average molecular weight is 315 g/mol. The summed E-state index contributed by atoms with van der Waals surface area (Å²) in [6.07, 6.45) is 0. The maximum Gasteiger partial charge on any atom is 0.240 e. The number of hydrogen-bond donors (Lipinski definition) is 2. The lowest BCUT2D eigenvalue weighted by Gasteiger charge is -2.26. The predicted octanol–water partition coefficient (Wildman–Crippen LogP) is -0.559. The molecule has 8 nitrogen and oxygen atoms in total. The second-order valence-electron chi connectivity index (χ2n) is 4.89. The first kappa shape index (κ1) is 15.9. The molecule has 0 radical (unpaired) electrons. The SMILES string of the molecule is COc1cc(C)nc(NS(=O)(=O)CCN2CCNCC2)n1. The molecule has 9 heteroatoms. The zero-order valence-corrected chi connectivity index (χ0v) is 13.1. The second-order valence-corrected chi connectivity index (χ2v) is 6.73. The van der Waals surface area contributed by atoms with E-state index in [0.717, 1.165) is 26.2 Å². The first-order chi connectivity index (χ1) is 9.98. The lowest BCUT2D eigenvalue weighted by Crippen LogP contribution is -2.45. The van der Waals surface area contributed by atoms with E-state index in [1.165, 1.54) is 7.11 Å². The third-order valence-electron chi connectivity index (χ3n) is 3.17. The molecule has 1 aliphatic heterocycles. The highest BCUT2D eigenvalue weighted by molar-refractivity contribution is 7.92. The zero-order valence-electron chi connectivity index (χ0n) is 12.3. The molecular formula is C12H21N5O3S. The van der Waals surface area contributed by atoms with E-state index < -0.39 is 10.0 Å². The number of hydrogen-bond acceptors (Lipinski definition) is 7. The normalized spacial score (nSPS) is 16.7. The summed E-state index contributed by atoms with van der Waals surface area (Å²) < 4.78 is 31.6. The first-order valence-electron chi connectivity index (χ1n) is 6.82. The molecule has 21 heavy (non-hydrogen) atoms. The molecule has 2 N–H and O–H groups in total. The molecule has 0 unspecified atom stereocenters. The number of anilines is 1. The van der Waals surface area contributed by atoms with Gasteiger partial charge in [0.2, 0.25) is 21.9 Å². The fourth-order valence-electron chi connectivity index (χ4n) is 2.06. The third kappa shape index (κ3) is 5.10. The maximum absolute atomic E-state index is 12.1. The van der Waals surface area contributed by atoms with E-state index in [1.54, 1.807) is 13.0 Å². The van der Waals surface area contributed by atoms with Crippen molar-refractivity contribution in [1.29, 1.82) is 0 Å². The van der Waals surface area contributed by atoms with Crippen LogP contribution in [0.5, 0.6) is 5.88 Å². The van der Waals surface area contributed by atoms with Crippen LogP contribution in [0.4, 0.5) is 5.95 Å². The number of nitrogens with one attached hydrogen (secondary N) is 2. The zero-order chi connectivity index (χ0) is 15.3. The number of aromatic nitrogens is 2. The van der Waals surface area contributed by atoms with Crippen molar-refractivity contribution in [1.82, 2.24) is 20.2 Å². The fourth-order valence-corrected chi connectivity index (χ4v) is 3.03. The van der Waals surface area contributed by atoms with Crippen molar-refractivity contribution in [3.8, 4) is 5.88 Å². The van der Waals surface area contributed by atoms with Crippen LogP contribution in [0.25, 0.3) is 0 Å². The topological polar surface area (TPSA) is 96.4 Å². The summed E-state index contributed by atoms with van der Waals surface area (Å²) in [6.45, 7) is 5.77. The number of ether oxygens (including phenoxy) is 1. The van der Waals surface area contributed by atoms with Gasteiger partial charge in [0.25, 0.3) is 0 Å². The van der Waals surface area contributed by atoms with Gasteiger partial charge in [-0.05, 0) is 6.92 Å². The van der Waals surface area contributed by atoms with Crippen LogP contribution < -0.4 is 14.8 Å². The van der Waals surface area contributed by atoms with Crippen molar-refractivity contribution in [3.63, 3.8) is 0 Å². The van der Waals surface area contributed by atoms with E-state index in [1.807, 2.05) is 0 Å². The van der Waals surface area contributed by atoms with Gasteiger partial charge >= 0.3 is 0 Å². The molecule has 118 valence electrons. The highest BCUT2D eigenvalue weighted by Crippen LogP contribution is 2.12. The molecule has 2 heterocycles. The minimum absolute atomic E-state index is 0.0205. The number of sulfonamides is 1. The van der Waals surface area contributed by atoms with E-state index in [9.17, 15) is 8.42 Å². The molecule has 0 atom stereocenters. The van der Waals surface area contributed by atoms with E-state index in [2.05, 4.69) is 24.9 Å². The largest absolute Gasteiger partial charge is 0.481 e. The molecule has 0 aliphatic carbocycles. The molecule has 1 fully saturated rings. The summed E-state index contributed by atoms with van der Waals surface area (Å²) in [7, 11) is -1.99. The van der Waals surface area contributed by atoms with Crippen molar-refractivity contribution >= 4 is 16.0 Å². The van der Waals surface area contributed by atoms with Crippen molar-refractivity contribution in [2.24, 2.45) is 0 Å². The van der Waals surface area contributed by atoms with Crippen LogP contribution in [0.2, 0.25) is 0 Å². The van der Waals surface area contributed by atoms with Gasteiger partial charge in [-0.3, -0.25) is 9.62 Å². The number of piperazine rings is 1. The van der Waals surface area contributed by atoms with Crippen LogP contribution >= 0.6 is 0 Å². The Labute approximate surface area is 125 Å². The molecule has 1 aromatic rings. The molecule has 0 amide bonds. The smallest absolute Gasteiger partial charge is 0.240 e. The molecule has 1 aromatic heterocycles. The lowest BCUT2D eigenvalue weighted by atomic mass is 10.4. The van der Waals surface area contributed by atoms with Gasteiger partial charge in [-0.25, -0.2) is 13.4 Å². The van der Waals surface area contributed by atoms with Crippen LogP contribution in [0.15, 0.2) is 6.07 Å². The molecule has 0 bridgehead atoms. The Hall–Kier alpha value is -1.45. The van der Waals surface area contributed by atoms with Gasteiger partial charge in [-0.15, -0.1) is 0 Å². The van der Waals surface area contributed by atoms with Gasteiger partial charge < -0.3 is 10.1 Å². The molecule has 2 rings (SSSR count). The quantitative estimate of drug-likeness (QED) is 0.726. The average Bonchev–Trinajstić information content (AvgIpc) is 2.45. The third-order valence-corrected chi connectivity index (χ3v) is 4.39. The Morgan fingerprint density at radius 1 is 1.38 bits per heavy atom. The Bertz CT molecular complexity index is 572. The van der Waals surface area contributed by atoms with Crippen molar-refractivity contribution in [2.75, 3.05) is 50.3 Å². The highest BCUT2D eigenvalue weighted by atomic mass is 32.2. The number of nitrogens with zero attached hydrogens (tertiary/aromatic N) is 3. The Balaban J connectivity index is 1.95. The summed E-state index contributed by atoms with van der Waals surface area (Å²) in [4.78, 5) is 10.2. The van der Waals surface area contributed by atoms with Crippen molar-refractivity contribution < 1.29 is 13.2 Å². The lowest BCUT2D eigenvalue weighted by molar-refractivity contribution is 0.254. The standard InChI is InChI=1S/C12H21N5O3S/c1-10-9-11(20-2)15-12(14-10)16-21(18,19)8-7-17-5-3-13-4-6-17/h9,13H,3-8H2,1-2H3,(H,14,15,16). The van der Waals surface area contributed by atoms with Crippen LogP contribution in [0, 0.1) is 6.92 Å². The van der Waals surface area contributed by atoms with Gasteiger partial charge in [0.05, 0.1) is 12.9 Å². The van der Waals surface area contributed by atoms with Crippen molar-refractivity contribution in [3.05, 3.63) is 11.8 Å². The van der Waals surface area contributed by atoms with E-state index in [-0.39, 0.29) is 11.7 Å². The monoisotopic (exact) mass is 315 g/mol. The summed E-state index contributed by atoms with van der Waals surface area (Å²) in [5.41, 5.74) is 0.640. The highest BCUT2D eigenvalue weighted by Gasteiger charge is 2.17. The molecule has 0 saturated carbocycles. The van der Waals surface area contributed by atoms with Crippen LogP contribution in [-0.2, 0) is 10.0 Å². The molecule has 1 aliphatic rings. The van der Waals surface area contributed by atoms with Gasteiger partial charge in [0.15, 0.2) is 0 Å². The van der Waals surface area contributed by atoms with E-state index >= 15 is 0 Å². The maximum atomic E-state index is 12.1. The summed E-state index contributed by atoms with van der Waals surface area (Å²) >= 11 is 0. The van der Waals surface area contributed by atoms with Crippen LogP contribution in [0.1, 0.15) is 5.69 Å². The number of rotatable bonds is 6. The Morgan fingerprint density at radius 2 is 2.10 bits per heavy atom. The minimum Gasteiger partial charge on any atom is -0.481 e. The molecular weight excluding hydrogens is 294 g/mol. The van der Waals surface area contributed by atoms with Gasteiger partial charge in [-0.2, -0.15) is 4.98 Å². The van der Waals surface area contributed by atoms with Gasteiger partial charge in [0, 0.05) is 44.5 Å². The Morgan fingerprint density at radius 3 is 2.76 bits per heavy atom. The first-order valence-corrected chi connectivity index (χ1v) is 8.47. The van der Waals surface area contributed by atoms with Crippen LogP contribution in [-0.4, -0.2) is 68.9 Å². The van der Waals surface area contributed by atoms with E-state index in [0.29, 0.717) is 18.1 Å². The van der Waals surface area contributed by atoms with Crippen molar-refractivity contribution in [2.45, 2.75) is 6.92 Å². The minimum atomic E-state index is -3.47. The second kappa shape index (κ2) is 7.01. The molecule has 0 spiro atoms. The predicted molar refractivity (Wildman–Crippen MR) is 80.0 cm³/mol. The van der Waals surface area contributed by atoms with Crippen LogP contribution in [0.3, 0.4) is 0 Å². The summed E-state index contributed by atoms with van der Waals surface area (Å²) in [5.74, 6) is 0.404. The number of methoxy groups -OCH3 is 1. The molecule has 1 saturated heterocycles.